The van der Waals surface area contributed by atoms with Crippen LogP contribution in [0.15, 0.2) is 54.6 Å². The zero-order chi connectivity index (χ0) is 20.3. The van der Waals surface area contributed by atoms with Gasteiger partial charge in [-0.15, -0.1) is 0 Å². The summed E-state index contributed by atoms with van der Waals surface area (Å²) in [5.74, 6) is 0.471. The quantitative estimate of drug-likeness (QED) is 0.541. The van der Waals surface area contributed by atoms with Gasteiger partial charge in [-0.1, -0.05) is 55.0 Å². The largest absolute Gasteiger partial charge is 0.493 e. The minimum Gasteiger partial charge on any atom is -0.493 e. The second-order valence-electron chi connectivity index (χ2n) is 8.07. The SMILES string of the molecule is O=C(O)C(Cc1ccccc1)Cc1ccccc1OCCCCC1CCNCC1. The van der Waals surface area contributed by atoms with E-state index in [9.17, 15) is 9.90 Å². The second-order valence-corrected chi connectivity index (χ2v) is 8.07. The van der Waals surface area contributed by atoms with Gasteiger partial charge in [0.15, 0.2) is 0 Å². The summed E-state index contributed by atoms with van der Waals surface area (Å²) in [7, 11) is 0. The van der Waals surface area contributed by atoms with Crippen LogP contribution in [0, 0.1) is 11.8 Å². The third kappa shape index (κ3) is 7.21. The maximum atomic E-state index is 11.8. The van der Waals surface area contributed by atoms with Crippen molar-refractivity contribution >= 4 is 5.97 Å². The Labute approximate surface area is 174 Å². The molecule has 4 heteroatoms. The number of carbonyl (C=O) groups is 1. The predicted molar refractivity (Wildman–Crippen MR) is 116 cm³/mol. The van der Waals surface area contributed by atoms with Crippen LogP contribution in [0.4, 0.5) is 0 Å². The van der Waals surface area contributed by atoms with Crippen molar-refractivity contribution in [3.05, 3.63) is 65.7 Å². The van der Waals surface area contributed by atoms with Gasteiger partial charge in [0.2, 0.25) is 0 Å². The van der Waals surface area contributed by atoms with E-state index in [1.54, 1.807) is 0 Å². The molecule has 0 radical (unpaired) electrons. The minimum absolute atomic E-state index is 0.456. The summed E-state index contributed by atoms with van der Waals surface area (Å²) >= 11 is 0. The van der Waals surface area contributed by atoms with Gasteiger partial charge in [-0.2, -0.15) is 0 Å². The van der Waals surface area contributed by atoms with E-state index in [1.807, 2.05) is 54.6 Å². The van der Waals surface area contributed by atoms with Gasteiger partial charge in [-0.3, -0.25) is 4.79 Å². The molecule has 156 valence electrons. The lowest BCUT2D eigenvalue weighted by molar-refractivity contribution is -0.141. The lowest BCUT2D eigenvalue weighted by atomic mass is 9.92. The van der Waals surface area contributed by atoms with Crippen LogP contribution >= 0.6 is 0 Å². The first-order valence-electron chi connectivity index (χ1n) is 10.9. The molecular weight excluding hydrogens is 362 g/mol. The van der Waals surface area contributed by atoms with E-state index < -0.39 is 11.9 Å². The molecule has 1 atom stereocenters. The number of benzene rings is 2. The molecule has 1 fully saturated rings. The molecule has 0 spiro atoms. The number of nitrogens with one attached hydrogen (secondary N) is 1. The molecule has 0 saturated carbocycles. The van der Waals surface area contributed by atoms with E-state index in [1.165, 1.54) is 25.7 Å². The Kier molecular flexibility index (Phi) is 8.57. The lowest BCUT2D eigenvalue weighted by Crippen LogP contribution is -2.27. The van der Waals surface area contributed by atoms with Crippen molar-refractivity contribution in [1.29, 1.82) is 0 Å². The smallest absolute Gasteiger partial charge is 0.307 e. The van der Waals surface area contributed by atoms with E-state index in [4.69, 9.17) is 4.74 Å². The Bertz CT molecular complexity index is 741. The van der Waals surface area contributed by atoms with Gasteiger partial charge in [0, 0.05) is 0 Å². The summed E-state index contributed by atoms with van der Waals surface area (Å²) in [6.07, 6.45) is 7.12. The molecule has 29 heavy (non-hydrogen) atoms. The van der Waals surface area contributed by atoms with Crippen LogP contribution in [0.5, 0.6) is 5.75 Å². The standard InChI is InChI=1S/C25H33NO3/c27-25(28)23(18-21-9-2-1-3-10-21)19-22-11-4-5-12-24(22)29-17-7-6-8-20-13-15-26-16-14-20/h1-5,9-12,20,23,26H,6-8,13-19H2,(H,27,28). The number of piperidine rings is 1. The zero-order valence-corrected chi connectivity index (χ0v) is 17.2. The molecule has 0 bridgehead atoms. The number of carboxylic acid groups (broad SMARTS) is 1. The van der Waals surface area contributed by atoms with Gasteiger partial charge in [0.05, 0.1) is 12.5 Å². The summed E-state index contributed by atoms with van der Waals surface area (Å²) in [5.41, 5.74) is 2.03. The van der Waals surface area contributed by atoms with Gasteiger partial charge in [-0.25, -0.2) is 0 Å². The highest BCUT2D eigenvalue weighted by Crippen LogP contribution is 2.24. The summed E-state index contributed by atoms with van der Waals surface area (Å²) in [6, 6.07) is 17.7. The zero-order valence-electron chi connectivity index (χ0n) is 17.2. The Hall–Kier alpha value is -2.33. The predicted octanol–water partition coefficient (Wildman–Crippen LogP) is 4.72. The minimum atomic E-state index is -0.759. The number of carboxylic acids is 1. The molecule has 1 unspecified atom stereocenters. The molecule has 1 saturated heterocycles. The van der Waals surface area contributed by atoms with E-state index in [2.05, 4.69) is 5.32 Å². The lowest BCUT2D eigenvalue weighted by Gasteiger charge is -2.22. The molecule has 2 aromatic carbocycles. The Morgan fingerprint density at radius 3 is 2.48 bits per heavy atom. The van der Waals surface area contributed by atoms with Crippen molar-refractivity contribution in [1.82, 2.24) is 5.32 Å². The molecule has 3 rings (SSSR count). The van der Waals surface area contributed by atoms with E-state index in [0.29, 0.717) is 19.4 Å². The molecule has 1 aliphatic heterocycles. The normalized spacial score (nSPS) is 15.7. The molecule has 4 nitrogen and oxygen atoms in total. The average Bonchev–Trinajstić information content (AvgIpc) is 2.75. The van der Waals surface area contributed by atoms with Crippen molar-refractivity contribution in [2.45, 2.75) is 44.9 Å². The number of para-hydroxylation sites is 1. The fraction of sp³-hybridized carbons (Fsp3) is 0.480. The van der Waals surface area contributed by atoms with Crippen LogP contribution in [0.2, 0.25) is 0 Å². The summed E-state index contributed by atoms with van der Waals surface area (Å²) < 4.78 is 6.05. The second kappa shape index (κ2) is 11.6. The first kappa shape index (κ1) is 21.4. The van der Waals surface area contributed by atoms with Crippen LogP contribution in [0.3, 0.4) is 0 Å². The van der Waals surface area contributed by atoms with Crippen molar-refractivity contribution in [3.8, 4) is 5.75 Å². The number of ether oxygens (including phenoxy) is 1. The van der Waals surface area contributed by atoms with Crippen molar-refractivity contribution in [3.63, 3.8) is 0 Å². The fourth-order valence-corrected chi connectivity index (χ4v) is 4.11. The molecule has 0 amide bonds. The monoisotopic (exact) mass is 395 g/mol. The van der Waals surface area contributed by atoms with Crippen LogP contribution in [0.25, 0.3) is 0 Å². The highest BCUT2D eigenvalue weighted by atomic mass is 16.5. The van der Waals surface area contributed by atoms with Gasteiger partial charge < -0.3 is 15.2 Å². The topological polar surface area (TPSA) is 58.6 Å². The summed E-state index contributed by atoms with van der Waals surface area (Å²) in [6.45, 7) is 3.00. The maximum Gasteiger partial charge on any atom is 0.307 e. The van der Waals surface area contributed by atoms with Crippen LogP contribution < -0.4 is 10.1 Å². The third-order valence-electron chi connectivity index (χ3n) is 5.84. The Morgan fingerprint density at radius 2 is 1.72 bits per heavy atom. The van der Waals surface area contributed by atoms with Crippen LogP contribution in [-0.4, -0.2) is 30.8 Å². The maximum absolute atomic E-state index is 11.8. The number of hydrogen-bond donors (Lipinski definition) is 2. The van der Waals surface area contributed by atoms with Crippen LogP contribution in [-0.2, 0) is 17.6 Å². The molecule has 0 aromatic heterocycles. The summed E-state index contributed by atoms with van der Waals surface area (Å²) in [5, 5.41) is 13.1. The molecule has 1 heterocycles. The summed E-state index contributed by atoms with van der Waals surface area (Å²) in [4.78, 5) is 11.8. The first-order chi connectivity index (χ1) is 14.2. The molecule has 0 aliphatic carbocycles. The molecular formula is C25H33NO3. The van der Waals surface area contributed by atoms with Crippen LogP contribution in [0.1, 0.15) is 43.2 Å². The van der Waals surface area contributed by atoms with E-state index in [0.717, 1.165) is 42.3 Å². The van der Waals surface area contributed by atoms with Gasteiger partial charge in [-0.05, 0) is 74.7 Å². The molecule has 2 aromatic rings. The number of aliphatic carboxylic acids is 1. The van der Waals surface area contributed by atoms with Gasteiger partial charge in [0.25, 0.3) is 0 Å². The highest BCUT2D eigenvalue weighted by molar-refractivity contribution is 5.71. The Balaban J connectivity index is 1.50. The third-order valence-corrected chi connectivity index (χ3v) is 5.84. The fourth-order valence-electron chi connectivity index (χ4n) is 4.11. The first-order valence-corrected chi connectivity index (χ1v) is 10.9. The van der Waals surface area contributed by atoms with E-state index >= 15 is 0 Å². The van der Waals surface area contributed by atoms with Crippen molar-refractivity contribution in [2.75, 3.05) is 19.7 Å². The molecule has 1 aliphatic rings. The van der Waals surface area contributed by atoms with Crippen molar-refractivity contribution in [2.24, 2.45) is 11.8 Å². The number of rotatable bonds is 11. The van der Waals surface area contributed by atoms with E-state index in [-0.39, 0.29) is 0 Å². The van der Waals surface area contributed by atoms with Gasteiger partial charge >= 0.3 is 5.97 Å². The van der Waals surface area contributed by atoms with Crippen molar-refractivity contribution < 1.29 is 14.6 Å². The average molecular weight is 396 g/mol. The number of hydrogen-bond acceptors (Lipinski definition) is 3. The van der Waals surface area contributed by atoms with Gasteiger partial charge in [0.1, 0.15) is 5.75 Å². The molecule has 2 N–H and O–H groups in total. The number of unbranched alkanes of at least 4 members (excludes halogenated alkanes) is 1. The highest BCUT2D eigenvalue weighted by Gasteiger charge is 2.20. The Morgan fingerprint density at radius 1 is 1.00 bits per heavy atom.